The van der Waals surface area contributed by atoms with E-state index in [2.05, 4.69) is 21.2 Å². The highest BCUT2D eigenvalue weighted by Gasteiger charge is 2.40. The summed E-state index contributed by atoms with van der Waals surface area (Å²) in [5.41, 5.74) is 0.895. The lowest BCUT2D eigenvalue weighted by molar-refractivity contribution is -0.118. The SMILES string of the molecule is C1=CC(N=Nc2ccccc2)(c2ccccc2)OC1N1CCOCC1. The fraction of sp³-hybridized carbons (Fsp3) is 0.300. The van der Waals surface area contributed by atoms with Crippen LogP contribution in [-0.2, 0) is 15.2 Å². The highest BCUT2D eigenvalue weighted by Crippen LogP contribution is 2.37. The average molecular weight is 335 g/mol. The quantitative estimate of drug-likeness (QED) is 0.629. The van der Waals surface area contributed by atoms with Crippen molar-refractivity contribution in [3.05, 3.63) is 78.4 Å². The Morgan fingerprint density at radius 2 is 1.60 bits per heavy atom. The molecule has 4 rings (SSSR count). The first-order chi connectivity index (χ1) is 12.4. The minimum atomic E-state index is -0.889. The molecule has 0 amide bonds. The third-order valence-corrected chi connectivity index (χ3v) is 4.45. The zero-order valence-corrected chi connectivity index (χ0v) is 14.0. The van der Waals surface area contributed by atoms with Gasteiger partial charge in [0.05, 0.1) is 18.9 Å². The lowest BCUT2D eigenvalue weighted by atomic mass is 10.0. The van der Waals surface area contributed by atoms with Gasteiger partial charge in [0.15, 0.2) is 0 Å². The van der Waals surface area contributed by atoms with Gasteiger partial charge in [-0.15, -0.1) is 5.11 Å². The molecule has 2 aromatic carbocycles. The van der Waals surface area contributed by atoms with Crippen LogP contribution in [0.15, 0.2) is 83.0 Å². The first-order valence-electron chi connectivity index (χ1n) is 8.58. The maximum Gasteiger partial charge on any atom is 0.226 e. The van der Waals surface area contributed by atoms with Crippen molar-refractivity contribution in [2.24, 2.45) is 10.2 Å². The first-order valence-corrected chi connectivity index (χ1v) is 8.58. The van der Waals surface area contributed by atoms with E-state index in [9.17, 15) is 0 Å². The molecule has 1 saturated heterocycles. The van der Waals surface area contributed by atoms with E-state index in [0.29, 0.717) is 0 Å². The summed E-state index contributed by atoms with van der Waals surface area (Å²) in [6, 6.07) is 19.8. The van der Waals surface area contributed by atoms with Gasteiger partial charge in [-0.05, 0) is 24.3 Å². The molecule has 25 heavy (non-hydrogen) atoms. The van der Waals surface area contributed by atoms with Crippen LogP contribution in [0.4, 0.5) is 5.69 Å². The topological polar surface area (TPSA) is 46.4 Å². The van der Waals surface area contributed by atoms with E-state index in [1.54, 1.807) is 0 Å². The maximum absolute atomic E-state index is 6.40. The highest BCUT2D eigenvalue weighted by molar-refractivity contribution is 5.36. The van der Waals surface area contributed by atoms with Crippen LogP contribution in [-0.4, -0.2) is 37.4 Å². The second-order valence-electron chi connectivity index (χ2n) is 6.11. The molecule has 2 aromatic rings. The van der Waals surface area contributed by atoms with Crippen molar-refractivity contribution in [3.63, 3.8) is 0 Å². The van der Waals surface area contributed by atoms with Crippen molar-refractivity contribution in [2.45, 2.75) is 12.0 Å². The van der Waals surface area contributed by atoms with Crippen molar-refractivity contribution < 1.29 is 9.47 Å². The fourth-order valence-corrected chi connectivity index (χ4v) is 3.09. The van der Waals surface area contributed by atoms with Crippen molar-refractivity contribution in [3.8, 4) is 0 Å². The monoisotopic (exact) mass is 335 g/mol. The Morgan fingerprint density at radius 1 is 0.920 bits per heavy atom. The maximum atomic E-state index is 6.40. The van der Waals surface area contributed by atoms with E-state index in [-0.39, 0.29) is 6.23 Å². The van der Waals surface area contributed by atoms with Gasteiger partial charge in [-0.3, -0.25) is 4.90 Å². The number of rotatable bonds is 4. The molecule has 1 fully saturated rings. The predicted molar refractivity (Wildman–Crippen MR) is 95.5 cm³/mol. The van der Waals surface area contributed by atoms with Crippen LogP contribution in [0.1, 0.15) is 5.56 Å². The van der Waals surface area contributed by atoms with Gasteiger partial charge in [-0.2, -0.15) is 5.11 Å². The van der Waals surface area contributed by atoms with Crippen LogP contribution < -0.4 is 0 Å². The predicted octanol–water partition coefficient (Wildman–Crippen LogP) is 3.87. The fourth-order valence-electron chi connectivity index (χ4n) is 3.09. The first kappa shape index (κ1) is 16.1. The number of hydrogen-bond acceptors (Lipinski definition) is 5. The molecule has 0 aliphatic carbocycles. The van der Waals surface area contributed by atoms with Crippen molar-refractivity contribution >= 4 is 5.69 Å². The lowest BCUT2D eigenvalue weighted by Gasteiger charge is -2.33. The number of benzene rings is 2. The summed E-state index contributed by atoms with van der Waals surface area (Å²) in [7, 11) is 0. The number of hydrogen-bond donors (Lipinski definition) is 0. The zero-order valence-electron chi connectivity index (χ0n) is 14.0. The van der Waals surface area contributed by atoms with Crippen LogP contribution in [0.3, 0.4) is 0 Å². The second-order valence-corrected chi connectivity index (χ2v) is 6.11. The summed E-state index contributed by atoms with van der Waals surface area (Å²) in [6.45, 7) is 3.18. The van der Waals surface area contributed by atoms with Crippen LogP contribution in [0.2, 0.25) is 0 Å². The molecule has 5 nitrogen and oxygen atoms in total. The second kappa shape index (κ2) is 7.27. The molecule has 0 saturated carbocycles. The highest BCUT2D eigenvalue weighted by atomic mass is 16.5. The van der Waals surface area contributed by atoms with E-state index in [1.165, 1.54) is 0 Å². The summed E-state index contributed by atoms with van der Waals surface area (Å²) in [6.07, 6.45) is 3.97. The Hall–Kier alpha value is -2.34. The molecule has 0 bridgehead atoms. The van der Waals surface area contributed by atoms with Gasteiger partial charge in [0, 0.05) is 18.7 Å². The standard InChI is InChI=1S/C20H21N3O2/c1-3-7-17(8-4-1)20(22-21-18-9-5-2-6-10-18)12-11-19(25-20)23-13-15-24-16-14-23/h1-12,19H,13-16H2. The molecule has 5 heteroatoms. The largest absolute Gasteiger partial charge is 0.379 e. The molecule has 2 atom stereocenters. The molecule has 0 aromatic heterocycles. The molecular formula is C20H21N3O2. The Kier molecular flexibility index (Phi) is 4.70. The Morgan fingerprint density at radius 3 is 2.32 bits per heavy atom. The molecule has 2 unspecified atom stereocenters. The molecule has 2 heterocycles. The Bertz CT molecular complexity index is 742. The smallest absolute Gasteiger partial charge is 0.226 e. The third kappa shape index (κ3) is 3.54. The van der Waals surface area contributed by atoms with Gasteiger partial charge in [0.25, 0.3) is 0 Å². The van der Waals surface area contributed by atoms with Crippen molar-refractivity contribution in [2.75, 3.05) is 26.3 Å². The van der Waals surface area contributed by atoms with Gasteiger partial charge in [0.1, 0.15) is 6.23 Å². The number of ether oxygens (including phenoxy) is 2. The van der Waals surface area contributed by atoms with Gasteiger partial charge in [-0.25, -0.2) is 0 Å². The number of morpholine rings is 1. The number of nitrogens with zero attached hydrogens (tertiary/aromatic N) is 3. The van der Waals surface area contributed by atoms with Crippen molar-refractivity contribution in [1.29, 1.82) is 0 Å². The van der Waals surface area contributed by atoms with Gasteiger partial charge < -0.3 is 9.47 Å². The molecule has 128 valence electrons. The van der Waals surface area contributed by atoms with Gasteiger partial charge in [0.2, 0.25) is 5.72 Å². The average Bonchev–Trinajstić information content (AvgIpc) is 3.14. The van der Waals surface area contributed by atoms with Crippen molar-refractivity contribution in [1.82, 2.24) is 4.90 Å². The summed E-state index contributed by atoms with van der Waals surface area (Å²) in [4.78, 5) is 2.27. The van der Waals surface area contributed by atoms with E-state index >= 15 is 0 Å². The summed E-state index contributed by atoms with van der Waals surface area (Å²) < 4.78 is 11.8. The molecular weight excluding hydrogens is 314 g/mol. The molecule has 0 spiro atoms. The minimum Gasteiger partial charge on any atom is -0.379 e. The number of azo groups is 1. The van der Waals surface area contributed by atoms with E-state index in [1.807, 2.05) is 66.7 Å². The summed E-state index contributed by atoms with van der Waals surface area (Å²) in [5, 5.41) is 9.02. The van der Waals surface area contributed by atoms with Gasteiger partial charge >= 0.3 is 0 Å². The lowest BCUT2D eigenvalue weighted by Crippen LogP contribution is -2.44. The van der Waals surface area contributed by atoms with Crippen LogP contribution in [0, 0.1) is 0 Å². The zero-order chi connectivity index (χ0) is 17.0. The van der Waals surface area contributed by atoms with Gasteiger partial charge in [-0.1, -0.05) is 48.5 Å². The van der Waals surface area contributed by atoms with Crippen LogP contribution in [0.25, 0.3) is 0 Å². The molecule has 2 aliphatic rings. The van der Waals surface area contributed by atoms with E-state index < -0.39 is 5.72 Å². The molecule has 2 aliphatic heterocycles. The molecule has 0 radical (unpaired) electrons. The van der Waals surface area contributed by atoms with Crippen LogP contribution >= 0.6 is 0 Å². The van der Waals surface area contributed by atoms with E-state index in [4.69, 9.17) is 9.47 Å². The summed E-state index contributed by atoms with van der Waals surface area (Å²) in [5.74, 6) is 0. The summed E-state index contributed by atoms with van der Waals surface area (Å²) >= 11 is 0. The Labute approximate surface area is 147 Å². The van der Waals surface area contributed by atoms with Crippen LogP contribution in [0.5, 0.6) is 0 Å². The normalized spacial score (nSPS) is 27.1. The molecule has 0 N–H and O–H groups in total. The van der Waals surface area contributed by atoms with E-state index in [0.717, 1.165) is 37.6 Å². The minimum absolute atomic E-state index is 0.112. The third-order valence-electron chi connectivity index (χ3n) is 4.45. The Balaban J connectivity index is 1.62.